The number of aryl methyl sites for hydroxylation is 1. The number of rotatable bonds is 2. The number of aromatic nitrogens is 2. The smallest absolute Gasteiger partial charge is 0.0737 e. The van der Waals surface area contributed by atoms with E-state index in [-0.39, 0.29) is 0 Å². The molecule has 15 heavy (non-hydrogen) atoms. The van der Waals surface area contributed by atoms with E-state index in [0.717, 1.165) is 27.4 Å². The average Bonchev–Trinajstić information content (AvgIpc) is 2.61. The highest BCUT2D eigenvalue weighted by atomic mass is 79.9. The zero-order valence-corrected chi connectivity index (χ0v) is 10.6. The minimum absolute atomic E-state index is 0.740. The summed E-state index contributed by atoms with van der Waals surface area (Å²) in [5.74, 6) is 0. The van der Waals surface area contributed by atoms with Gasteiger partial charge in [-0.25, -0.2) is 4.68 Å². The predicted molar refractivity (Wildman–Crippen MR) is 65.9 cm³/mol. The van der Waals surface area contributed by atoms with Gasteiger partial charge in [-0.05, 0) is 37.3 Å². The Morgan fingerprint density at radius 1 is 1.33 bits per heavy atom. The van der Waals surface area contributed by atoms with E-state index in [4.69, 9.17) is 11.6 Å². The van der Waals surface area contributed by atoms with Gasteiger partial charge in [0.2, 0.25) is 0 Å². The van der Waals surface area contributed by atoms with Crippen LogP contribution in [0.4, 0.5) is 0 Å². The molecule has 2 aromatic rings. The van der Waals surface area contributed by atoms with E-state index in [9.17, 15) is 0 Å². The van der Waals surface area contributed by atoms with Crippen molar-refractivity contribution in [1.29, 1.82) is 0 Å². The molecular formula is C11H10BrClN2. The lowest BCUT2D eigenvalue weighted by molar-refractivity contribution is 0.832. The van der Waals surface area contributed by atoms with E-state index in [1.807, 2.05) is 35.9 Å². The normalized spacial score (nSPS) is 10.6. The van der Waals surface area contributed by atoms with Crippen LogP contribution in [0.25, 0.3) is 5.69 Å². The fourth-order valence-corrected chi connectivity index (χ4v) is 1.85. The van der Waals surface area contributed by atoms with E-state index < -0.39 is 0 Å². The van der Waals surface area contributed by atoms with Crippen LogP contribution in [0, 0.1) is 6.92 Å². The Bertz CT molecular complexity index is 462. The molecule has 0 aliphatic carbocycles. The summed E-state index contributed by atoms with van der Waals surface area (Å²) in [6, 6.07) is 9.71. The third kappa shape index (κ3) is 2.24. The molecule has 0 fully saturated rings. The first-order valence-electron chi connectivity index (χ1n) is 4.58. The largest absolute Gasteiger partial charge is 0.238 e. The summed E-state index contributed by atoms with van der Waals surface area (Å²) in [6.07, 6.45) is 0. The van der Waals surface area contributed by atoms with Crippen molar-refractivity contribution in [2.75, 3.05) is 0 Å². The average molecular weight is 286 g/mol. The van der Waals surface area contributed by atoms with Gasteiger partial charge in [0.15, 0.2) is 0 Å². The Balaban J connectivity index is 2.44. The number of hydrogen-bond acceptors (Lipinski definition) is 1. The Kier molecular flexibility index (Phi) is 3.12. The van der Waals surface area contributed by atoms with Gasteiger partial charge in [0.1, 0.15) is 0 Å². The summed E-state index contributed by atoms with van der Waals surface area (Å²) in [4.78, 5) is 0. The maximum absolute atomic E-state index is 5.83. The minimum Gasteiger partial charge on any atom is -0.238 e. The molecule has 1 heterocycles. The van der Waals surface area contributed by atoms with Crippen molar-refractivity contribution in [2.45, 2.75) is 12.3 Å². The SMILES string of the molecule is Cc1cc(CBr)nn1-c1ccc(Cl)cc1. The second-order valence-corrected chi connectivity index (χ2v) is 4.30. The van der Waals surface area contributed by atoms with Crippen LogP contribution in [0.2, 0.25) is 5.02 Å². The monoisotopic (exact) mass is 284 g/mol. The molecule has 0 radical (unpaired) electrons. The van der Waals surface area contributed by atoms with Gasteiger partial charge in [0, 0.05) is 16.0 Å². The molecule has 0 bridgehead atoms. The molecule has 4 heteroatoms. The van der Waals surface area contributed by atoms with Crippen LogP contribution in [0.5, 0.6) is 0 Å². The lowest BCUT2D eigenvalue weighted by Gasteiger charge is -2.03. The number of alkyl halides is 1. The van der Waals surface area contributed by atoms with Crippen molar-refractivity contribution < 1.29 is 0 Å². The Hall–Kier alpha value is -0.800. The van der Waals surface area contributed by atoms with Crippen LogP contribution in [0.1, 0.15) is 11.4 Å². The number of benzene rings is 1. The molecule has 1 aromatic heterocycles. The molecule has 0 aliphatic heterocycles. The van der Waals surface area contributed by atoms with Gasteiger partial charge in [-0.3, -0.25) is 0 Å². The van der Waals surface area contributed by atoms with Gasteiger partial charge < -0.3 is 0 Å². The second-order valence-electron chi connectivity index (χ2n) is 3.30. The van der Waals surface area contributed by atoms with Crippen molar-refractivity contribution >= 4 is 27.5 Å². The van der Waals surface area contributed by atoms with E-state index >= 15 is 0 Å². The zero-order valence-electron chi connectivity index (χ0n) is 8.24. The first-order chi connectivity index (χ1) is 7.20. The summed E-state index contributed by atoms with van der Waals surface area (Å²) in [6.45, 7) is 2.04. The Labute approximate surface area is 102 Å². The molecule has 0 saturated heterocycles. The molecular weight excluding hydrogens is 275 g/mol. The molecule has 1 aromatic carbocycles. The van der Waals surface area contributed by atoms with Crippen molar-refractivity contribution in [2.24, 2.45) is 0 Å². The van der Waals surface area contributed by atoms with Crippen LogP contribution in [0.15, 0.2) is 30.3 Å². The van der Waals surface area contributed by atoms with Gasteiger partial charge in [-0.1, -0.05) is 27.5 Å². The highest BCUT2D eigenvalue weighted by molar-refractivity contribution is 9.08. The third-order valence-corrected chi connectivity index (χ3v) is 2.97. The fourth-order valence-electron chi connectivity index (χ4n) is 1.45. The van der Waals surface area contributed by atoms with Crippen molar-refractivity contribution in [3.05, 3.63) is 46.7 Å². The lowest BCUT2D eigenvalue weighted by Crippen LogP contribution is -1.98. The highest BCUT2D eigenvalue weighted by Gasteiger charge is 2.04. The van der Waals surface area contributed by atoms with Crippen molar-refractivity contribution in [3.63, 3.8) is 0 Å². The van der Waals surface area contributed by atoms with Crippen LogP contribution in [0.3, 0.4) is 0 Å². The lowest BCUT2D eigenvalue weighted by atomic mass is 10.3. The highest BCUT2D eigenvalue weighted by Crippen LogP contribution is 2.16. The summed E-state index contributed by atoms with van der Waals surface area (Å²) in [7, 11) is 0. The van der Waals surface area contributed by atoms with Crippen molar-refractivity contribution in [3.8, 4) is 5.69 Å². The summed E-state index contributed by atoms with van der Waals surface area (Å²) in [5.41, 5.74) is 3.18. The molecule has 0 amide bonds. The molecule has 0 saturated carbocycles. The summed E-state index contributed by atoms with van der Waals surface area (Å²) >= 11 is 9.23. The molecule has 2 nitrogen and oxygen atoms in total. The Morgan fingerprint density at radius 3 is 2.53 bits per heavy atom. The zero-order chi connectivity index (χ0) is 10.8. The van der Waals surface area contributed by atoms with E-state index in [1.54, 1.807) is 0 Å². The quantitative estimate of drug-likeness (QED) is 0.769. The maximum Gasteiger partial charge on any atom is 0.0737 e. The van der Waals surface area contributed by atoms with Gasteiger partial charge in [0.25, 0.3) is 0 Å². The molecule has 0 aliphatic rings. The van der Waals surface area contributed by atoms with Gasteiger partial charge >= 0.3 is 0 Å². The number of hydrogen-bond donors (Lipinski definition) is 0. The molecule has 0 unspecified atom stereocenters. The number of halogens is 2. The number of nitrogens with zero attached hydrogens (tertiary/aromatic N) is 2. The summed E-state index contributed by atoms with van der Waals surface area (Å²) in [5, 5.41) is 5.97. The third-order valence-electron chi connectivity index (χ3n) is 2.15. The molecule has 0 N–H and O–H groups in total. The Morgan fingerprint density at radius 2 is 2.00 bits per heavy atom. The predicted octanol–water partition coefficient (Wildman–Crippen LogP) is 3.73. The molecule has 0 atom stereocenters. The summed E-state index contributed by atoms with van der Waals surface area (Å²) < 4.78 is 1.91. The second kappa shape index (κ2) is 4.37. The molecule has 0 spiro atoms. The van der Waals surface area contributed by atoms with Gasteiger partial charge in [-0.2, -0.15) is 5.10 Å². The van der Waals surface area contributed by atoms with Crippen LogP contribution in [-0.2, 0) is 5.33 Å². The van der Waals surface area contributed by atoms with E-state index in [0.29, 0.717) is 0 Å². The first kappa shape index (κ1) is 10.7. The topological polar surface area (TPSA) is 17.8 Å². The van der Waals surface area contributed by atoms with Crippen molar-refractivity contribution in [1.82, 2.24) is 9.78 Å². The van der Waals surface area contributed by atoms with Gasteiger partial charge in [-0.15, -0.1) is 0 Å². The van der Waals surface area contributed by atoms with Crippen LogP contribution < -0.4 is 0 Å². The van der Waals surface area contributed by atoms with Crippen LogP contribution in [-0.4, -0.2) is 9.78 Å². The molecule has 2 rings (SSSR count). The van der Waals surface area contributed by atoms with Crippen LogP contribution >= 0.6 is 27.5 Å². The van der Waals surface area contributed by atoms with E-state index in [2.05, 4.69) is 27.1 Å². The fraction of sp³-hybridized carbons (Fsp3) is 0.182. The minimum atomic E-state index is 0.740. The standard InChI is InChI=1S/C11H10BrClN2/c1-8-6-10(7-12)14-15(8)11-4-2-9(13)3-5-11/h2-6H,7H2,1H3. The van der Waals surface area contributed by atoms with E-state index in [1.165, 1.54) is 0 Å². The van der Waals surface area contributed by atoms with Gasteiger partial charge in [0.05, 0.1) is 11.4 Å². The molecule has 78 valence electrons. The maximum atomic E-state index is 5.83. The first-order valence-corrected chi connectivity index (χ1v) is 6.08.